The van der Waals surface area contributed by atoms with E-state index < -0.39 is 0 Å². The minimum atomic E-state index is -0.359. The highest BCUT2D eigenvalue weighted by molar-refractivity contribution is 7.09. The first-order valence-electron chi connectivity index (χ1n) is 5.81. The smallest absolute Gasteiger partial charge is 0.236 e. The molecule has 2 aromatic rings. The fourth-order valence-electron chi connectivity index (χ4n) is 1.81. The molecule has 1 aromatic carbocycles. The second-order valence-electron chi connectivity index (χ2n) is 4.10. The molecule has 0 aliphatic heterocycles. The van der Waals surface area contributed by atoms with Gasteiger partial charge in [0.2, 0.25) is 5.91 Å². The number of terminal acetylenes is 1. The van der Waals surface area contributed by atoms with E-state index in [2.05, 4.69) is 5.92 Å². The summed E-state index contributed by atoms with van der Waals surface area (Å²) in [5, 5.41) is 2.01. The maximum Gasteiger partial charge on any atom is 0.236 e. The molecule has 2 N–H and O–H groups in total. The van der Waals surface area contributed by atoms with E-state index in [4.69, 9.17) is 12.2 Å². The predicted molar refractivity (Wildman–Crippen MR) is 78.9 cm³/mol. The molecule has 1 heterocycles. The Kier molecular flexibility index (Phi) is 4.22. The van der Waals surface area contributed by atoms with Crippen molar-refractivity contribution < 1.29 is 4.79 Å². The SMILES string of the molecule is C#Cc1cccc(N(CC(N)=O)Cc2cccs2)c1. The summed E-state index contributed by atoms with van der Waals surface area (Å²) in [7, 11) is 0. The molecule has 0 fully saturated rings. The summed E-state index contributed by atoms with van der Waals surface area (Å²) < 4.78 is 0. The Morgan fingerprint density at radius 3 is 2.84 bits per heavy atom. The quantitative estimate of drug-likeness (QED) is 0.847. The number of carbonyl (C=O) groups is 1. The number of carbonyl (C=O) groups excluding carboxylic acids is 1. The maximum absolute atomic E-state index is 11.2. The molecule has 4 heteroatoms. The van der Waals surface area contributed by atoms with Crippen LogP contribution in [0.2, 0.25) is 0 Å². The molecule has 0 unspecified atom stereocenters. The van der Waals surface area contributed by atoms with Gasteiger partial charge in [0.15, 0.2) is 0 Å². The van der Waals surface area contributed by atoms with Gasteiger partial charge in [-0.05, 0) is 29.6 Å². The molecule has 2 rings (SSSR count). The Morgan fingerprint density at radius 2 is 2.21 bits per heavy atom. The van der Waals surface area contributed by atoms with Gasteiger partial charge in [0.05, 0.1) is 13.1 Å². The number of anilines is 1. The summed E-state index contributed by atoms with van der Waals surface area (Å²) in [5.41, 5.74) is 7.01. The van der Waals surface area contributed by atoms with Gasteiger partial charge in [0, 0.05) is 16.1 Å². The lowest BCUT2D eigenvalue weighted by atomic mass is 10.2. The van der Waals surface area contributed by atoms with Crippen molar-refractivity contribution in [3.63, 3.8) is 0 Å². The van der Waals surface area contributed by atoms with Crippen LogP contribution >= 0.6 is 11.3 Å². The summed E-state index contributed by atoms with van der Waals surface area (Å²) in [6.07, 6.45) is 5.40. The van der Waals surface area contributed by atoms with Crippen molar-refractivity contribution in [3.05, 3.63) is 52.2 Å². The van der Waals surface area contributed by atoms with Crippen LogP contribution in [0.4, 0.5) is 5.69 Å². The van der Waals surface area contributed by atoms with Gasteiger partial charge in [0.25, 0.3) is 0 Å². The topological polar surface area (TPSA) is 46.3 Å². The number of amides is 1. The second kappa shape index (κ2) is 6.07. The molecule has 1 amide bonds. The third-order valence-corrected chi connectivity index (χ3v) is 3.51. The number of hydrogen-bond donors (Lipinski definition) is 1. The standard InChI is InChI=1S/C15H14N2OS/c1-2-12-5-3-6-13(9-12)17(11-15(16)18)10-14-7-4-8-19-14/h1,3-9H,10-11H2,(H2,16,18). The minimum Gasteiger partial charge on any atom is -0.368 e. The van der Waals surface area contributed by atoms with E-state index in [1.165, 1.54) is 4.88 Å². The van der Waals surface area contributed by atoms with Crippen LogP contribution in [0.15, 0.2) is 41.8 Å². The first-order chi connectivity index (χ1) is 9.19. The lowest BCUT2D eigenvalue weighted by molar-refractivity contribution is -0.116. The molecule has 0 radical (unpaired) electrons. The third kappa shape index (κ3) is 3.60. The van der Waals surface area contributed by atoms with E-state index in [1.54, 1.807) is 11.3 Å². The van der Waals surface area contributed by atoms with Crippen LogP contribution in [0.1, 0.15) is 10.4 Å². The average molecular weight is 270 g/mol. The number of primary amides is 1. The molecule has 0 aliphatic rings. The number of thiophene rings is 1. The van der Waals surface area contributed by atoms with Gasteiger partial charge in [0.1, 0.15) is 0 Å². The van der Waals surface area contributed by atoms with Crippen LogP contribution in [-0.2, 0) is 11.3 Å². The lowest BCUT2D eigenvalue weighted by Gasteiger charge is -2.22. The zero-order chi connectivity index (χ0) is 13.7. The fourth-order valence-corrected chi connectivity index (χ4v) is 2.53. The Bertz CT molecular complexity index is 599. The normalized spacial score (nSPS) is 9.84. The van der Waals surface area contributed by atoms with Gasteiger partial charge in [-0.25, -0.2) is 0 Å². The van der Waals surface area contributed by atoms with E-state index in [-0.39, 0.29) is 12.5 Å². The van der Waals surface area contributed by atoms with Gasteiger partial charge in [-0.15, -0.1) is 17.8 Å². The van der Waals surface area contributed by atoms with Gasteiger partial charge in [-0.3, -0.25) is 4.79 Å². The van der Waals surface area contributed by atoms with E-state index in [0.29, 0.717) is 6.54 Å². The summed E-state index contributed by atoms with van der Waals surface area (Å²) in [6.45, 7) is 0.820. The van der Waals surface area contributed by atoms with E-state index >= 15 is 0 Å². The lowest BCUT2D eigenvalue weighted by Crippen LogP contribution is -2.33. The van der Waals surface area contributed by atoms with Gasteiger partial charge >= 0.3 is 0 Å². The van der Waals surface area contributed by atoms with E-state index in [1.807, 2.05) is 46.7 Å². The molecule has 19 heavy (non-hydrogen) atoms. The van der Waals surface area contributed by atoms with Crippen molar-refractivity contribution >= 4 is 22.9 Å². The Balaban J connectivity index is 2.26. The minimum absolute atomic E-state index is 0.173. The van der Waals surface area contributed by atoms with Crippen molar-refractivity contribution in [1.29, 1.82) is 0 Å². The van der Waals surface area contributed by atoms with Gasteiger partial charge in [-0.1, -0.05) is 18.1 Å². The molecule has 0 bridgehead atoms. The number of rotatable bonds is 5. The van der Waals surface area contributed by atoms with Crippen LogP contribution in [0.5, 0.6) is 0 Å². The third-order valence-electron chi connectivity index (χ3n) is 2.65. The Labute approximate surface area is 116 Å². The van der Waals surface area contributed by atoms with Crippen molar-refractivity contribution in [3.8, 4) is 12.3 Å². The van der Waals surface area contributed by atoms with Gasteiger partial charge in [-0.2, -0.15) is 0 Å². The zero-order valence-corrected chi connectivity index (χ0v) is 11.2. The maximum atomic E-state index is 11.2. The summed E-state index contributed by atoms with van der Waals surface area (Å²) in [4.78, 5) is 14.3. The highest BCUT2D eigenvalue weighted by Gasteiger charge is 2.11. The average Bonchev–Trinajstić information content (AvgIpc) is 2.90. The monoisotopic (exact) mass is 270 g/mol. The van der Waals surface area contributed by atoms with E-state index in [0.717, 1.165) is 11.3 Å². The molecular formula is C15H14N2OS. The van der Waals surface area contributed by atoms with Crippen molar-refractivity contribution in [2.45, 2.75) is 6.54 Å². The predicted octanol–water partition coefficient (Wildman–Crippen LogP) is 2.22. The molecule has 3 nitrogen and oxygen atoms in total. The second-order valence-corrected chi connectivity index (χ2v) is 5.13. The Hall–Kier alpha value is -2.25. The summed E-state index contributed by atoms with van der Waals surface area (Å²) >= 11 is 1.65. The highest BCUT2D eigenvalue weighted by Crippen LogP contribution is 2.20. The Morgan fingerprint density at radius 1 is 1.37 bits per heavy atom. The number of nitrogens with zero attached hydrogens (tertiary/aromatic N) is 1. The number of hydrogen-bond acceptors (Lipinski definition) is 3. The van der Waals surface area contributed by atoms with Crippen molar-refractivity contribution in [1.82, 2.24) is 0 Å². The molecule has 0 aliphatic carbocycles. The van der Waals surface area contributed by atoms with Crippen LogP contribution in [0.3, 0.4) is 0 Å². The fraction of sp³-hybridized carbons (Fsp3) is 0.133. The molecule has 0 spiro atoms. The van der Waals surface area contributed by atoms with Crippen LogP contribution in [0.25, 0.3) is 0 Å². The summed E-state index contributed by atoms with van der Waals surface area (Å²) in [6, 6.07) is 11.6. The first kappa shape index (κ1) is 13.2. The number of nitrogens with two attached hydrogens (primary N) is 1. The molecule has 96 valence electrons. The van der Waals surface area contributed by atoms with Crippen molar-refractivity contribution in [2.24, 2.45) is 5.73 Å². The van der Waals surface area contributed by atoms with Crippen LogP contribution in [0, 0.1) is 12.3 Å². The summed E-state index contributed by atoms with van der Waals surface area (Å²) in [5.74, 6) is 2.24. The molecule has 0 atom stereocenters. The molecule has 1 aromatic heterocycles. The molecular weight excluding hydrogens is 256 g/mol. The zero-order valence-electron chi connectivity index (χ0n) is 10.4. The van der Waals surface area contributed by atoms with Crippen LogP contribution in [-0.4, -0.2) is 12.5 Å². The highest BCUT2D eigenvalue weighted by atomic mass is 32.1. The first-order valence-corrected chi connectivity index (χ1v) is 6.69. The van der Waals surface area contributed by atoms with Crippen LogP contribution < -0.4 is 10.6 Å². The van der Waals surface area contributed by atoms with Crippen molar-refractivity contribution in [2.75, 3.05) is 11.4 Å². The molecule has 0 saturated heterocycles. The largest absolute Gasteiger partial charge is 0.368 e. The molecule has 0 saturated carbocycles. The van der Waals surface area contributed by atoms with E-state index in [9.17, 15) is 4.79 Å². The van der Waals surface area contributed by atoms with Gasteiger partial charge < -0.3 is 10.6 Å². The number of benzene rings is 1.